The van der Waals surface area contributed by atoms with Crippen LogP contribution in [0, 0.1) is 5.92 Å². The second-order valence-electron chi connectivity index (χ2n) is 7.03. The van der Waals surface area contributed by atoms with E-state index in [4.69, 9.17) is 10.5 Å². The highest BCUT2D eigenvalue weighted by molar-refractivity contribution is 5.82. The molecule has 1 aromatic heterocycles. The Kier molecular flexibility index (Phi) is 5.83. The van der Waals surface area contributed by atoms with E-state index in [-0.39, 0.29) is 17.9 Å². The van der Waals surface area contributed by atoms with Crippen molar-refractivity contribution in [3.05, 3.63) is 42.7 Å². The van der Waals surface area contributed by atoms with E-state index in [1.165, 1.54) is 0 Å². The number of benzene rings is 1. The molecule has 1 amide bonds. The number of carbonyl (C=O) groups is 1. The maximum Gasteiger partial charge on any atom is 0.316 e. The van der Waals surface area contributed by atoms with Crippen molar-refractivity contribution in [2.24, 2.45) is 11.7 Å². The molecule has 138 valence electrons. The van der Waals surface area contributed by atoms with Crippen LogP contribution in [0.1, 0.15) is 26.7 Å². The lowest BCUT2D eigenvalue weighted by Gasteiger charge is -2.33. The lowest BCUT2D eigenvalue weighted by atomic mass is 10.0. The first-order valence-electron chi connectivity index (χ1n) is 9.13. The number of nitrogens with two attached hydrogens (primary N) is 1. The Morgan fingerprint density at radius 2 is 1.73 bits per heavy atom. The van der Waals surface area contributed by atoms with Crippen molar-refractivity contribution in [1.29, 1.82) is 0 Å². The molecule has 0 spiro atoms. The number of rotatable bonds is 5. The highest BCUT2D eigenvalue weighted by Crippen LogP contribution is 2.20. The van der Waals surface area contributed by atoms with Crippen LogP contribution in [0.3, 0.4) is 0 Å². The quantitative estimate of drug-likeness (QED) is 0.892. The number of amides is 1. The zero-order valence-electron chi connectivity index (χ0n) is 15.3. The fraction of sp³-hybridized carbons (Fsp3) is 0.450. The standard InChI is InChI=1S/C20H26N4O2/c1-14(2)18(21)19(25)24-10-8-17(9-11-24)26-20-22-12-16(13-23-20)15-6-4-3-5-7-15/h3-7,12-14,17-18H,8-11,21H2,1-2H3/t18-/m0/s1. The minimum atomic E-state index is -0.429. The van der Waals surface area contributed by atoms with E-state index < -0.39 is 6.04 Å². The van der Waals surface area contributed by atoms with Crippen molar-refractivity contribution in [2.75, 3.05) is 13.1 Å². The van der Waals surface area contributed by atoms with Gasteiger partial charge in [-0.3, -0.25) is 4.79 Å². The van der Waals surface area contributed by atoms with Crippen LogP contribution < -0.4 is 10.5 Å². The second-order valence-corrected chi connectivity index (χ2v) is 7.03. The van der Waals surface area contributed by atoms with Gasteiger partial charge in [-0.2, -0.15) is 0 Å². The van der Waals surface area contributed by atoms with Crippen LogP contribution in [0.15, 0.2) is 42.7 Å². The van der Waals surface area contributed by atoms with Gasteiger partial charge in [-0.1, -0.05) is 44.2 Å². The van der Waals surface area contributed by atoms with Gasteiger partial charge in [0.05, 0.1) is 6.04 Å². The summed E-state index contributed by atoms with van der Waals surface area (Å²) in [4.78, 5) is 22.8. The lowest BCUT2D eigenvalue weighted by Crippen LogP contribution is -2.50. The minimum absolute atomic E-state index is 0.0249. The third kappa shape index (κ3) is 4.38. The van der Waals surface area contributed by atoms with Gasteiger partial charge in [0.1, 0.15) is 6.10 Å². The van der Waals surface area contributed by atoms with E-state index in [1.54, 1.807) is 12.4 Å². The van der Waals surface area contributed by atoms with Gasteiger partial charge in [0.15, 0.2) is 0 Å². The van der Waals surface area contributed by atoms with Gasteiger partial charge in [-0.25, -0.2) is 9.97 Å². The number of hydrogen-bond donors (Lipinski definition) is 1. The Balaban J connectivity index is 1.53. The van der Waals surface area contributed by atoms with Crippen LogP contribution in [0.2, 0.25) is 0 Å². The Hall–Kier alpha value is -2.47. The van der Waals surface area contributed by atoms with Gasteiger partial charge in [0, 0.05) is 43.9 Å². The van der Waals surface area contributed by atoms with Crippen LogP contribution >= 0.6 is 0 Å². The van der Waals surface area contributed by atoms with Crippen molar-refractivity contribution in [3.8, 4) is 17.1 Å². The molecule has 1 aromatic carbocycles. The molecule has 2 aromatic rings. The molecule has 0 radical (unpaired) electrons. The fourth-order valence-corrected chi connectivity index (χ4v) is 3.00. The first-order chi connectivity index (χ1) is 12.5. The van der Waals surface area contributed by atoms with Crippen LogP contribution in [0.5, 0.6) is 6.01 Å². The van der Waals surface area contributed by atoms with E-state index in [1.807, 2.05) is 49.1 Å². The van der Waals surface area contributed by atoms with Crippen molar-refractivity contribution >= 4 is 5.91 Å². The van der Waals surface area contributed by atoms with Crippen molar-refractivity contribution in [3.63, 3.8) is 0 Å². The summed E-state index contributed by atoms with van der Waals surface area (Å²) in [5.41, 5.74) is 8.00. The molecule has 6 heteroatoms. The van der Waals surface area contributed by atoms with Gasteiger partial charge in [0.2, 0.25) is 5.91 Å². The van der Waals surface area contributed by atoms with Gasteiger partial charge in [0.25, 0.3) is 0 Å². The highest BCUT2D eigenvalue weighted by Gasteiger charge is 2.28. The summed E-state index contributed by atoms with van der Waals surface area (Å²) in [6, 6.07) is 9.95. The van der Waals surface area contributed by atoms with E-state index in [0.29, 0.717) is 19.1 Å². The summed E-state index contributed by atoms with van der Waals surface area (Å²) < 4.78 is 5.89. The zero-order chi connectivity index (χ0) is 18.5. The average molecular weight is 354 g/mol. The molecule has 0 aliphatic carbocycles. The Bertz CT molecular complexity index is 710. The van der Waals surface area contributed by atoms with Crippen molar-refractivity contribution in [1.82, 2.24) is 14.9 Å². The molecule has 3 rings (SSSR count). The molecule has 6 nitrogen and oxygen atoms in total. The molecule has 2 N–H and O–H groups in total. The zero-order valence-corrected chi connectivity index (χ0v) is 15.3. The summed E-state index contributed by atoms with van der Waals surface area (Å²) in [6.07, 6.45) is 5.10. The van der Waals surface area contributed by atoms with Crippen molar-refractivity contribution < 1.29 is 9.53 Å². The number of piperidine rings is 1. The summed E-state index contributed by atoms with van der Waals surface area (Å²) in [6.45, 7) is 5.25. The van der Waals surface area contributed by atoms with E-state index in [2.05, 4.69) is 9.97 Å². The lowest BCUT2D eigenvalue weighted by molar-refractivity contribution is -0.135. The number of likely N-dealkylation sites (tertiary alicyclic amines) is 1. The Labute approximate surface area is 154 Å². The summed E-state index contributed by atoms with van der Waals surface area (Å²) >= 11 is 0. The molecule has 0 saturated carbocycles. The summed E-state index contributed by atoms with van der Waals surface area (Å²) in [5.74, 6) is 0.176. The number of nitrogens with zero attached hydrogens (tertiary/aromatic N) is 3. The molecule has 1 atom stereocenters. The van der Waals surface area contributed by atoms with Gasteiger partial charge >= 0.3 is 6.01 Å². The smallest absolute Gasteiger partial charge is 0.316 e. The predicted molar refractivity (Wildman–Crippen MR) is 101 cm³/mol. The Morgan fingerprint density at radius 3 is 2.31 bits per heavy atom. The molecule has 1 aliphatic heterocycles. The topological polar surface area (TPSA) is 81.3 Å². The average Bonchev–Trinajstić information content (AvgIpc) is 2.68. The van der Waals surface area contributed by atoms with E-state index in [0.717, 1.165) is 24.0 Å². The van der Waals surface area contributed by atoms with Gasteiger partial charge in [-0.15, -0.1) is 0 Å². The maximum absolute atomic E-state index is 12.3. The van der Waals surface area contributed by atoms with E-state index >= 15 is 0 Å². The number of ether oxygens (including phenoxy) is 1. The maximum atomic E-state index is 12.3. The predicted octanol–water partition coefficient (Wildman–Crippen LogP) is 2.50. The summed E-state index contributed by atoms with van der Waals surface area (Å²) in [5, 5.41) is 0. The molecule has 1 saturated heterocycles. The molecular weight excluding hydrogens is 328 g/mol. The fourth-order valence-electron chi connectivity index (χ4n) is 3.00. The first-order valence-corrected chi connectivity index (χ1v) is 9.13. The highest BCUT2D eigenvalue weighted by atomic mass is 16.5. The summed E-state index contributed by atoms with van der Waals surface area (Å²) in [7, 11) is 0. The third-order valence-electron chi connectivity index (χ3n) is 4.76. The van der Waals surface area contributed by atoms with Gasteiger partial charge < -0.3 is 15.4 Å². The van der Waals surface area contributed by atoms with Crippen LogP contribution in [0.4, 0.5) is 0 Å². The molecule has 0 bridgehead atoms. The van der Waals surface area contributed by atoms with Crippen LogP contribution in [-0.2, 0) is 4.79 Å². The van der Waals surface area contributed by atoms with Gasteiger partial charge in [-0.05, 0) is 11.5 Å². The molecule has 26 heavy (non-hydrogen) atoms. The Morgan fingerprint density at radius 1 is 1.12 bits per heavy atom. The second kappa shape index (κ2) is 8.27. The number of aromatic nitrogens is 2. The molecule has 1 aliphatic rings. The van der Waals surface area contributed by atoms with Crippen molar-refractivity contribution in [2.45, 2.75) is 38.8 Å². The molecular formula is C20H26N4O2. The minimum Gasteiger partial charge on any atom is -0.460 e. The number of carbonyl (C=O) groups excluding carboxylic acids is 1. The largest absolute Gasteiger partial charge is 0.460 e. The number of hydrogen-bond acceptors (Lipinski definition) is 5. The molecule has 2 heterocycles. The van der Waals surface area contributed by atoms with Crippen LogP contribution in [0.25, 0.3) is 11.1 Å². The normalized spacial score (nSPS) is 16.5. The SMILES string of the molecule is CC(C)[C@H](N)C(=O)N1CCC(Oc2ncc(-c3ccccc3)cn2)CC1. The monoisotopic (exact) mass is 354 g/mol. The van der Waals surface area contributed by atoms with E-state index in [9.17, 15) is 4.79 Å². The van der Waals surface area contributed by atoms with Crippen LogP contribution in [-0.4, -0.2) is 46.0 Å². The molecule has 1 fully saturated rings. The first kappa shape index (κ1) is 18.3. The third-order valence-corrected chi connectivity index (χ3v) is 4.76. The molecule has 0 unspecified atom stereocenters.